The zero-order valence-electron chi connectivity index (χ0n) is 17.9. The Labute approximate surface area is 192 Å². The van der Waals surface area contributed by atoms with Gasteiger partial charge in [-0.25, -0.2) is 13.4 Å². The van der Waals surface area contributed by atoms with Crippen LogP contribution in [0, 0.1) is 0 Å². The van der Waals surface area contributed by atoms with E-state index in [9.17, 15) is 8.42 Å². The molecule has 0 N–H and O–H groups in total. The summed E-state index contributed by atoms with van der Waals surface area (Å²) >= 11 is 1.71. The number of ether oxygens (including phenoxy) is 2. The third-order valence-corrected chi connectivity index (χ3v) is 8.39. The van der Waals surface area contributed by atoms with Crippen LogP contribution in [0.4, 0.5) is 0 Å². The van der Waals surface area contributed by atoms with E-state index in [0.717, 1.165) is 45.6 Å². The summed E-state index contributed by atoms with van der Waals surface area (Å²) in [5.41, 5.74) is 4.10. The zero-order valence-corrected chi connectivity index (χ0v) is 19.6. The van der Waals surface area contributed by atoms with Crippen LogP contribution in [0.25, 0.3) is 6.08 Å². The summed E-state index contributed by atoms with van der Waals surface area (Å²) in [7, 11) is -0.0773. The Kier molecular flexibility index (Phi) is 5.51. The maximum atomic E-state index is 13.1. The Hall–Kier alpha value is -2.71. The highest BCUT2D eigenvalue weighted by molar-refractivity contribution is 8.14. The molecule has 0 amide bonds. The standard InChI is InChI=1S/C24H24N2O4S2/c1-29-20-9-5-3-7-16(20)13-17-14-32(27,28)15-19-22(17)25-24-26(11-12-31-24)23(19)18-8-4-6-10-21(18)30-2/h3-10,13,23H,11-12,14-15H2,1-2H3/b17-13+. The number of aliphatic imine (C=N–C) groups is 1. The second-order valence-corrected chi connectivity index (χ2v) is 11.0. The third-order valence-electron chi connectivity index (χ3n) is 5.92. The van der Waals surface area contributed by atoms with Gasteiger partial charge in [-0.2, -0.15) is 0 Å². The number of benzene rings is 2. The van der Waals surface area contributed by atoms with Gasteiger partial charge in [-0.1, -0.05) is 48.2 Å². The lowest BCUT2D eigenvalue weighted by Gasteiger charge is -2.38. The first-order valence-corrected chi connectivity index (χ1v) is 13.2. The minimum atomic E-state index is -3.34. The van der Waals surface area contributed by atoms with Gasteiger partial charge >= 0.3 is 0 Å². The predicted molar refractivity (Wildman–Crippen MR) is 129 cm³/mol. The fourth-order valence-electron chi connectivity index (χ4n) is 4.58. The van der Waals surface area contributed by atoms with Gasteiger partial charge in [-0.15, -0.1) is 0 Å². The second kappa shape index (κ2) is 8.33. The van der Waals surface area contributed by atoms with Crippen LogP contribution in [0.1, 0.15) is 17.2 Å². The van der Waals surface area contributed by atoms with Crippen LogP contribution in [0.5, 0.6) is 11.5 Å². The van der Waals surface area contributed by atoms with Gasteiger partial charge < -0.3 is 14.4 Å². The number of para-hydroxylation sites is 2. The lowest BCUT2D eigenvalue weighted by atomic mass is 9.92. The van der Waals surface area contributed by atoms with Gasteiger partial charge in [0.25, 0.3) is 0 Å². The van der Waals surface area contributed by atoms with Crippen molar-refractivity contribution in [2.75, 3.05) is 38.0 Å². The molecular weight excluding hydrogens is 444 g/mol. The maximum absolute atomic E-state index is 13.1. The van der Waals surface area contributed by atoms with Crippen molar-refractivity contribution in [3.8, 4) is 11.5 Å². The first kappa shape index (κ1) is 21.2. The van der Waals surface area contributed by atoms with Gasteiger partial charge in [0.05, 0.1) is 37.5 Å². The molecule has 0 aromatic heterocycles. The van der Waals surface area contributed by atoms with Gasteiger partial charge in [-0.3, -0.25) is 0 Å². The van der Waals surface area contributed by atoms with E-state index in [0.29, 0.717) is 11.3 Å². The summed E-state index contributed by atoms with van der Waals surface area (Å²) in [6.45, 7) is 0.814. The molecule has 32 heavy (non-hydrogen) atoms. The molecule has 3 aliphatic heterocycles. The van der Waals surface area contributed by atoms with Crippen LogP contribution in [0.15, 0.2) is 70.4 Å². The van der Waals surface area contributed by atoms with Gasteiger partial charge in [0.15, 0.2) is 15.0 Å². The van der Waals surface area contributed by atoms with E-state index in [4.69, 9.17) is 14.5 Å². The smallest absolute Gasteiger partial charge is 0.165 e. The molecule has 1 atom stereocenters. The number of thioether (sulfide) groups is 1. The number of sulfone groups is 1. The SMILES string of the molecule is COc1ccccc1/C=C1\CS(=O)(=O)CC2=C1N=C1SCCN1C2c1ccccc1OC. The Morgan fingerprint density at radius 2 is 1.75 bits per heavy atom. The first-order chi connectivity index (χ1) is 15.5. The second-order valence-electron chi connectivity index (χ2n) is 7.90. The Morgan fingerprint density at radius 3 is 2.53 bits per heavy atom. The summed E-state index contributed by atoms with van der Waals surface area (Å²) < 4.78 is 37.3. The first-order valence-electron chi connectivity index (χ1n) is 10.4. The topological polar surface area (TPSA) is 68.2 Å². The van der Waals surface area contributed by atoms with Crippen LogP contribution < -0.4 is 9.47 Å². The van der Waals surface area contributed by atoms with Crippen LogP contribution in [-0.4, -0.2) is 56.5 Å². The fraction of sp³-hybridized carbons (Fsp3) is 0.292. The third kappa shape index (κ3) is 3.71. The van der Waals surface area contributed by atoms with E-state index in [1.165, 1.54) is 0 Å². The van der Waals surface area contributed by atoms with Crippen molar-refractivity contribution < 1.29 is 17.9 Å². The molecule has 6 nitrogen and oxygen atoms in total. The van der Waals surface area contributed by atoms with Crippen molar-refractivity contribution in [1.82, 2.24) is 4.90 Å². The number of nitrogens with zero attached hydrogens (tertiary/aromatic N) is 2. The van der Waals surface area contributed by atoms with Crippen molar-refractivity contribution in [3.63, 3.8) is 0 Å². The number of allylic oxidation sites excluding steroid dienone is 1. The minimum absolute atomic E-state index is 0.00768. The average Bonchev–Trinajstić information content (AvgIpc) is 3.26. The molecule has 5 rings (SSSR count). The Balaban J connectivity index is 1.73. The molecule has 0 saturated carbocycles. The predicted octanol–water partition coefficient (Wildman–Crippen LogP) is 3.93. The van der Waals surface area contributed by atoms with Gasteiger partial charge in [0.2, 0.25) is 0 Å². The summed E-state index contributed by atoms with van der Waals surface area (Å²) in [6.07, 6.45) is 1.91. The number of fused-ring (bicyclic) bond motifs is 1. The summed E-state index contributed by atoms with van der Waals surface area (Å²) in [6, 6.07) is 15.2. The highest BCUT2D eigenvalue weighted by Gasteiger charge is 2.42. The normalized spacial score (nSPS) is 22.9. The van der Waals surface area contributed by atoms with E-state index in [2.05, 4.69) is 4.90 Å². The molecule has 3 heterocycles. The van der Waals surface area contributed by atoms with E-state index in [-0.39, 0.29) is 17.5 Å². The number of methoxy groups -OCH3 is 2. The molecule has 1 unspecified atom stereocenters. The molecule has 0 bridgehead atoms. The number of hydrogen-bond acceptors (Lipinski definition) is 7. The monoisotopic (exact) mass is 468 g/mol. The highest BCUT2D eigenvalue weighted by Crippen LogP contribution is 2.46. The van der Waals surface area contributed by atoms with Crippen LogP contribution in [0.3, 0.4) is 0 Å². The quantitative estimate of drug-likeness (QED) is 0.677. The minimum Gasteiger partial charge on any atom is -0.496 e. The largest absolute Gasteiger partial charge is 0.496 e. The summed E-state index contributed by atoms with van der Waals surface area (Å²) in [5.74, 6) is 2.33. The van der Waals surface area contributed by atoms with E-state index in [1.807, 2.05) is 54.6 Å². The van der Waals surface area contributed by atoms with Gasteiger partial charge in [0.1, 0.15) is 11.5 Å². The summed E-state index contributed by atoms with van der Waals surface area (Å²) in [5, 5.41) is 0.935. The van der Waals surface area contributed by atoms with Crippen molar-refractivity contribution >= 4 is 32.8 Å². The Bertz CT molecular complexity index is 1260. The highest BCUT2D eigenvalue weighted by atomic mass is 32.2. The average molecular weight is 469 g/mol. The van der Waals surface area contributed by atoms with E-state index in [1.54, 1.807) is 26.0 Å². The van der Waals surface area contributed by atoms with Crippen molar-refractivity contribution in [1.29, 1.82) is 0 Å². The number of rotatable bonds is 4. The lowest BCUT2D eigenvalue weighted by molar-refractivity contribution is 0.352. The number of amidine groups is 1. The molecule has 0 aliphatic carbocycles. The molecule has 1 saturated heterocycles. The van der Waals surface area contributed by atoms with Crippen molar-refractivity contribution in [2.24, 2.45) is 4.99 Å². The summed E-state index contributed by atoms with van der Waals surface area (Å²) in [4.78, 5) is 7.18. The molecular formula is C24H24N2O4S2. The maximum Gasteiger partial charge on any atom is 0.165 e. The molecule has 3 aliphatic rings. The molecule has 2 aromatic rings. The van der Waals surface area contributed by atoms with Crippen molar-refractivity contribution in [2.45, 2.75) is 6.04 Å². The molecule has 166 valence electrons. The zero-order chi connectivity index (χ0) is 22.3. The molecule has 0 spiro atoms. The number of hydrogen-bond donors (Lipinski definition) is 0. The molecule has 1 fully saturated rings. The lowest BCUT2D eigenvalue weighted by Crippen LogP contribution is -2.39. The van der Waals surface area contributed by atoms with Gasteiger partial charge in [0, 0.05) is 23.4 Å². The van der Waals surface area contributed by atoms with Crippen LogP contribution >= 0.6 is 11.8 Å². The molecule has 2 aromatic carbocycles. The molecule has 8 heteroatoms. The fourth-order valence-corrected chi connectivity index (χ4v) is 7.14. The van der Waals surface area contributed by atoms with Gasteiger partial charge in [-0.05, 0) is 29.4 Å². The Morgan fingerprint density at radius 1 is 1.03 bits per heavy atom. The molecule has 0 radical (unpaired) electrons. The van der Waals surface area contributed by atoms with E-state index >= 15 is 0 Å². The van der Waals surface area contributed by atoms with Crippen LogP contribution in [0.2, 0.25) is 0 Å². The van der Waals surface area contributed by atoms with Crippen molar-refractivity contribution in [3.05, 3.63) is 76.5 Å². The van der Waals surface area contributed by atoms with Crippen LogP contribution in [-0.2, 0) is 9.84 Å². The van der Waals surface area contributed by atoms with E-state index < -0.39 is 9.84 Å².